The fourth-order valence-electron chi connectivity index (χ4n) is 2.93. The van der Waals surface area contributed by atoms with Crippen molar-refractivity contribution >= 4 is 57.5 Å². The van der Waals surface area contributed by atoms with Gasteiger partial charge in [0, 0.05) is 33.9 Å². The van der Waals surface area contributed by atoms with Crippen LogP contribution in [-0.4, -0.2) is 53.3 Å². The molecule has 28 heavy (non-hydrogen) atoms. The molecule has 1 N–H and O–H groups in total. The first-order valence-corrected chi connectivity index (χ1v) is 9.27. The van der Waals surface area contributed by atoms with Crippen LogP contribution in [0.4, 0.5) is 17.3 Å². The predicted molar refractivity (Wildman–Crippen MR) is 114 cm³/mol. The van der Waals surface area contributed by atoms with Gasteiger partial charge in [0.2, 0.25) is 5.91 Å². The molecule has 0 atom stereocenters. The molecule has 10 heteroatoms. The molecule has 0 spiro atoms. The van der Waals surface area contributed by atoms with E-state index in [4.69, 9.17) is 28.2 Å². The molecule has 0 saturated heterocycles. The van der Waals surface area contributed by atoms with Gasteiger partial charge in [-0.3, -0.25) is 4.79 Å². The number of amides is 1. The number of rotatable bonds is 5. The number of nitrogens with zero attached hydrogens (tertiary/aromatic N) is 6. The van der Waals surface area contributed by atoms with Gasteiger partial charge in [0.15, 0.2) is 11.5 Å². The van der Waals surface area contributed by atoms with Crippen molar-refractivity contribution in [3.05, 3.63) is 34.1 Å². The van der Waals surface area contributed by atoms with Crippen LogP contribution in [-0.2, 0) is 11.8 Å². The summed E-state index contributed by atoms with van der Waals surface area (Å²) < 4.78 is 1.75. The van der Waals surface area contributed by atoms with Gasteiger partial charge in [-0.05, 0) is 30.7 Å². The molecule has 0 aromatic carbocycles. The van der Waals surface area contributed by atoms with Crippen molar-refractivity contribution in [3.63, 3.8) is 0 Å². The lowest BCUT2D eigenvalue weighted by atomic mass is 10.2. The molecule has 0 aliphatic carbocycles. The second kappa shape index (κ2) is 7.81. The molecule has 3 aromatic rings. The van der Waals surface area contributed by atoms with Gasteiger partial charge in [-0.2, -0.15) is 5.10 Å². The second-order valence-corrected chi connectivity index (χ2v) is 7.52. The smallest absolute Gasteiger partial charge is 0.243 e. The molecule has 3 heterocycles. The van der Waals surface area contributed by atoms with Crippen molar-refractivity contribution in [1.29, 1.82) is 0 Å². The molecule has 3 rings (SSSR count). The molecule has 0 unspecified atom stereocenters. The first-order chi connectivity index (χ1) is 13.2. The Bertz CT molecular complexity index is 1030. The van der Waals surface area contributed by atoms with E-state index in [0.717, 1.165) is 22.4 Å². The minimum Gasteiger partial charge on any atom is -0.361 e. The Balaban J connectivity index is 1.82. The Hall–Kier alpha value is -2.58. The van der Waals surface area contributed by atoms with Gasteiger partial charge in [-0.25, -0.2) is 14.6 Å². The van der Waals surface area contributed by atoms with Crippen LogP contribution in [0, 0.1) is 6.92 Å². The maximum absolute atomic E-state index is 12.4. The van der Waals surface area contributed by atoms with Gasteiger partial charge in [0.1, 0.15) is 16.1 Å². The summed E-state index contributed by atoms with van der Waals surface area (Å²) >= 11 is 11.7. The summed E-state index contributed by atoms with van der Waals surface area (Å²) in [5, 5.41) is 8.72. The van der Waals surface area contributed by atoms with Crippen molar-refractivity contribution in [2.24, 2.45) is 7.05 Å². The number of aryl methyl sites for hydroxylation is 2. The molecule has 148 valence electrons. The standard InChI is InChI=1S/C18H21Cl2N7O/c1-10-6-14(23-17-16(10)18(25(2)3)24-27(17)5)26(4)9-15(28)21-11-7-12(19)22-13(20)8-11/h6-8H,9H2,1-5H3,(H,21,22,28). The number of fused-ring (bicyclic) bond motifs is 1. The van der Waals surface area contributed by atoms with Crippen molar-refractivity contribution in [2.75, 3.05) is 42.8 Å². The molecule has 0 bridgehead atoms. The third kappa shape index (κ3) is 4.13. The molecule has 0 radical (unpaired) electrons. The Kier molecular flexibility index (Phi) is 5.62. The summed E-state index contributed by atoms with van der Waals surface area (Å²) in [6, 6.07) is 5.03. The third-order valence-corrected chi connectivity index (χ3v) is 4.59. The Morgan fingerprint density at radius 2 is 1.79 bits per heavy atom. The number of anilines is 3. The molecule has 3 aromatic heterocycles. The van der Waals surface area contributed by atoms with Gasteiger partial charge in [-0.15, -0.1) is 0 Å². The second-order valence-electron chi connectivity index (χ2n) is 6.74. The van der Waals surface area contributed by atoms with E-state index in [0.29, 0.717) is 11.5 Å². The number of carbonyl (C=O) groups excluding carboxylic acids is 1. The number of hydrogen-bond acceptors (Lipinski definition) is 6. The maximum atomic E-state index is 12.4. The largest absolute Gasteiger partial charge is 0.361 e. The fourth-order valence-corrected chi connectivity index (χ4v) is 3.39. The summed E-state index contributed by atoms with van der Waals surface area (Å²) in [4.78, 5) is 24.7. The lowest BCUT2D eigenvalue weighted by molar-refractivity contribution is -0.114. The molecule has 1 amide bonds. The van der Waals surface area contributed by atoms with E-state index in [1.165, 1.54) is 12.1 Å². The highest BCUT2D eigenvalue weighted by Crippen LogP contribution is 2.29. The number of nitrogens with one attached hydrogen (secondary N) is 1. The van der Waals surface area contributed by atoms with Gasteiger partial charge in [-0.1, -0.05) is 23.2 Å². The maximum Gasteiger partial charge on any atom is 0.243 e. The number of hydrogen-bond donors (Lipinski definition) is 1. The highest BCUT2D eigenvalue weighted by Gasteiger charge is 2.17. The highest BCUT2D eigenvalue weighted by atomic mass is 35.5. The zero-order chi connectivity index (χ0) is 20.6. The van der Waals surface area contributed by atoms with Gasteiger partial charge in [0.25, 0.3) is 0 Å². The zero-order valence-corrected chi connectivity index (χ0v) is 17.8. The lowest BCUT2D eigenvalue weighted by Crippen LogP contribution is -2.30. The van der Waals surface area contributed by atoms with Gasteiger partial charge in [0.05, 0.1) is 11.9 Å². The van der Waals surface area contributed by atoms with Crippen LogP contribution >= 0.6 is 23.2 Å². The number of pyridine rings is 2. The molecular weight excluding hydrogens is 401 g/mol. The van der Waals surface area contributed by atoms with E-state index in [-0.39, 0.29) is 22.8 Å². The number of aromatic nitrogens is 4. The van der Waals surface area contributed by atoms with Crippen molar-refractivity contribution in [3.8, 4) is 0 Å². The van der Waals surface area contributed by atoms with Crippen LogP contribution in [0.5, 0.6) is 0 Å². The normalized spacial score (nSPS) is 11.0. The summed E-state index contributed by atoms with van der Waals surface area (Å²) in [5.41, 5.74) is 2.29. The van der Waals surface area contributed by atoms with E-state index in [2.05, 4.69) is 15.4 Å². The SMILES string of the molecule is Cc1cc(N(C)CC(=O)Nc2cc(Cl)nc(Cl)c2)nc2c1c(N(C)C)nn2C. The van der Waals surface area contributed by atoms with E-state index in [1.807, 2.05) is 46.1 Å². The molecule has 0 fully saturated rings. The van der Waals surface area contributed by atoms with Crippen LogP contribution in [0.15, 0.2) is 18.2 Å². The van der Waals surface area contributed by atoms with Crippen LogP contribution in [0.3, 0.4) is 0 Å². The molecule has 0 aliphatic heterocycles. The first-order valence-electron chi connectivity index (χ1n) is 8.51. The van der Waals surface area contributed by atoms with E-state index >= 15 is 0 Å². The Morgan fingerprint density at radius 1 is 1.14 bits per heavy atom. The van der Waals surface area contributed by atoms with Crippen LogP contribution < -0.4 is 15.1 Å². The van der Waals surface area contributed by atoms with E-state index in [1.54, 1.807) is 9.58 Å². The van der Waals surface area contributed by atoms with Gasteiger partial charge < -0.3 is 15.1 Å². The molecule has 0 saturated carbocycles. The van der Waals surface area contributed by atoms with Crippen LogP contribution in [0.25, 0.3) is 11.0 Å². The number of carbonyl (C=O) groups is 1. The third-order valence-electron chi connectivity index (χ3n) is 4.20. The molecule has 8 nitrogen and oxygen atoms in total. The van der Waals surface area contributed by atoms with E-state index < -0.39 is 0 Å². The average molecular weight is 422 g/mol. The summed E-state index contributed by atoms with van der Waals surface area (Å²) in [7, 11) is 7.56. The number of likely N-dealkylation sites (N-methyl/N-ethyl adjacent to an activating group) is 1. The predicted octanol–water partition coefficient (Wildman–Crippen LogP) is 3.12. The highest BCUT2D eigenvalue weighted by molar-refractivity contribution is 6.33. The minimum absolute atomic E-state index is 0.105. The Morgan fingerprint density at radius 3 is 2.39 bits per heavy atom. The summed E-state index contributed by atoms with van der Waals surface area (Å²) in [6.45, 7) is 2.12. The van der Waals surface area contributed by atoms with Gasteiger partial charge >= 0.3 is 0 Å². The lowest BCUT2D eigenvalue weighted by Gasteiger charge is -2.19. The first kappa shape index (κ1) is 20.2. The topological polar surface area (TPSA) is 79.2 Å². The van der Waals surface area contributed by atoms with Crippen LogP contribution in [0.2, 0.25) is 10.3 Å². The zero-order valence-electron chi connectivity index (χ0n) is 16.3. The fraction of sp³-hybridized carbons (Fsp3) is 0.333. The van der Waals surface area contributed by atoms with Crippen LogP contribution in [0.1, 0.15) is 5.56 Å². The molecule has 0 aliphatic rings. The monoisotopic (exact) mass is 421 g/mol. The molecular formula is C18H21Cl2N7O. The van der Waals surface area contributed by atoms with Crippen molar-refractivity contribution < 1.29 is 4.79 Å². The Labute approximate surface area is 173 Å². The minimum atomic E-state index is -0.223. The quantitative estimate of drug-likeness (QED) is 0.637. The summed E-state index contributed by atoms with van der Waals surface area (Å²) in [6.07, 6.45) is 0. The summed E-state index contributed by atoms with van der Waals surface area (Å²) in [5.74, 6) is 1.32. The van der Waals surface area contributed by atoms with Crippen molar-refractivity contribution in [2.45, 2.75) is 6.92 Å². The van der Waals surface area contributed by atoms with E-state index in [9.17, 15) is 4.79 Å². The number of halogens is 2. The van der Waals surface area contributed by atoms with Crippen molar-refractivity contribution in [1.82, 2.24) is 19.7 Å². The average Bonchev–Trinajstić information content (AvgIpc) is 2.91.